The van der Waals surface area contributed by atoms with Gasteiger partial charge in [-0.05, 0) is 25.0 Å². The van der Waals surface area contributed by atoms with E-state index in [1.54, 1.807) is 30.5 Å². The summed E-state index contributed by atoms with van der Waals surface area (Å²) in [7, 11) is 0. The van der Waals surface area contributed by atoms with E-state index in [1.807, 2.05) is 20.8 Å². The van der Waals surface area contributed by atoms with E-state index in [4.69, 9.17) is 4.52 Å². The topological polar surface area (TPSA) is 55.9 Å². The Balaban J connectivity index is 1.85. The molecule has 0 fully saturated rings. The first-order valence-corrected chi connectivity index (χ1v) is 7.90. The summed E-state index contributed by atoms with van der Waals surface area (Å²) < 4.78 is 33.0. The first-order chi connectivity index (χ1) is 11.5. The van der Waals surface area contributed by atoms with Crippen LogP contribution in [0.5, 0.6) is 0 Å². The van der Waals surface area contributed by atoms with Gasteiger partial charge in [0.05, 0.1) is 22.8 Å². The van der Waals surface area contributed by atoms with Crippen LogP contribution in [0.2, 0.25) is 0 Å². The summed E-state index contributed by atoms with van der Waals surface area (Å²) in [5.74, 6) is 0.551. The second kappa shape index (κ2) is 6.68. The molecule has 0 spiro atoms. The lowest BCUT2D eigenvalue weighted by Crippen LogP contribution is -2.22. The Hall–Kier alpha value is -2.28. The molecule has 0 aliphatic heterocycles. The van der Waals surface area contributed by atoms with Crippen LogP contribution in [0.1, 0.15) is 56.4 Å². The molecule has 0 aliphatic rings. The average Bonchev–Trinajstić information content (AvgIpc) is 3.16. The summed E-state index contributed by atoms with van der Waals surface area (Å²) in [6.07, 6.45) is 1.59. The first kappa shape index (κ1) is 16.6. The van der Waals surface area contributed by atoms with Crippen molar-refractivity contribution in [2.75, 3.05) is 0 Å². The van der Waals surface area contributed by atoms with Crippen molar-refractivity contribution >= 4 is 11.0 Å². The molecule has 1 atom stereocenters. The van der Waals surface area contributed by atoms with E-state index in [9.17, 15) is 8.78 Å². The van der Waals surface area contributed by atoms with Gasteiger partial charge in [0, 0.05) is 12.1 Å². The molecule has 7 heteroatoms. The van der Waals surface area contributed by atoms with Crippen molar-refractivity contribution in [3.63, 3.8) is 0 Å². The fraction of sp³-hybridized carbons (Fsp3) is 0.412. The second-order valence-electron chi connectivity index (χ2n) is 6.09. The minimum atomic E-state index is -2.64. The highest BCUT2D eigenvalue weighted by Crippen LogP contribution is 2.27. The molecule has 24 heavy (non-hydrogen) atoms. The zero-order valence-electron chi connectivity index (χ0n) is 13.8. The van der Waals surface area contributed by atoms with Gasteiger partial charge in [-0.1, -0.05) is 31.1 Å². The van der Waals surface area contributed by atoms with E-state index in [0.717, 1.165) is 15.8 Å². The maximum absolute atomic E-state index is 13.5. The minimum Gasteiger partial charge on any atom is -0.364 e. The summed E-state index contributed by atoms with van der Waals surface area (Å²) in [4.78, 5) is 4.37. The molecule has 1 N–H and O–H groups in total. The summed E-state index contributed by atoms with van der Waals surface area (Å²) in [6, 6.07) is 6.57. The highest BCUT2D eigenvalue weighted by atomic mass is 19.3. The monoisotopic (exact) mass is 334 g/mol. The second-order valence-corrected chi connectivity index (χ2v) is 6.09. The maximum Gasteiger partial charge on any atom is 0.320 e. The van der Waals surface area contributed by atoms with Crippen LogP contribution < -0.4 is 5.32 Å². The number of halogens is 2. The molecule has 0 saturated carbocycles. The van der Waals surface area contributed by atoms with Crippen molar-refractivity contribution < 1.29 is 13.3 Å². The van der Waals surface area contributed by atoms with Gasteiger partial charge in [0.2, 0.25) is 0 Å². The minimum absolute atomic E-state index is 0.237. The number of hydrogen-bond donors (Lipinski definition) is 1. The number of rotatable bonds is 6. The predicted octanol–water partition coefficient (Wildman–Crippen LogP) is 4.39. The van der Waals surface area contributed by atoms with E-state index in [2.05, 4.69) is 15.5 Å². The van der Waals surface area contributed by atoms with Crippen LogP contribution in [0, 0.1) is 0 Å². The number of para-hydroxylation sites is 2. The molecule has 128 valence electrons. The number of fused-ring (bicyclic) bond motifs is 1. The van der Waals surface area contributed by atoms with E-state index >= 15 is 0 Å². The normalized spacial score (nSPS) is 13.3. The quantitative estimate of drug-likeness (QED) is 0.726. The molecule has 0 saturated heterocycles. The lowest BCUT2D eigenvalue weighted by atomic mass is 10.1. The number of imidazole rings is 1. The van der Waals surface area contributed by atoms with Crippen molar-refractivity contribution in [1.82, 2.24) is 20.0 Å². The average molecular weight is 334 g/mol. The number of benzene rings is 1. The molecule has 0 radical (unpaired) electrons. The van der Waals surface area contributed by atoms with Gasteiger partial charge in [0.25, 0.3) is 0 Å². The van der Waals surface area contributed by atoms with Crippen LogP contribution in [-0.4, -0.2) is 14.7 Å². The molecule has 3 rings (SSSR count). The van der Waals surface area contributed by atoms with Gasteiger partial charge >= 0.3 is 6.55 Å². The summed E-state index contributed by atoms with van der Waals surface area (Å²) >= 11 is 0. The molecule has 1 unspecified atom stereocenters. The molecule has 3 aromatic rings. The lowest BCUT2D eigenvalue weighted by molar-refractivity contribution is 0.0698. The van der Waals surface area contributed by atoms with Gasteiger partial charge in [0.15, 0.2) is 0 Å². The maximum atomic E-state index is 13.5. The van der Waals surface area contributed by atoms with Crippen molar-refractivity contribution in [3.05, 3.63) is 47.6 Å². The van der Waals surface area contributed by atoms with Crippen molar-refractivity contribution in [1.29, 1.82) is 0 Å². The molecule has 2 aromatic heterocycles. The van der Waals surface area contributed by atoms with E-state index in [-0.39, 0.29) is 12.0 Å². The highest BCUT2D eigenvalue weighted by Gasteiger charge is 2.22. The Morgan fingerprint density at radius 2 is 1.96 bits per heavy atom. The Morgan fingerprint density at radius 1 is 1.21 bits per heavy atom. The Morgan fingerprint density at radius 3 is 2.67 bits per heavy atom. The Bertz CT molecular complexity index is 825. The molecule has 0 aliphatic carbocycles. The first-order valence-electron chi connectivity index (χ1n) is 7.90. The third-order valence-corrected chi connectivity index (χ3v) is 4.03. The lowest BCUT2D eigenvalue weighted by Gasteiger charge is -2.16. The standard InChI is InChI=1S/C17H20F2N4O/c1-10(2)15-12(9-24-22-15)8-20-11(3)16-21-13-6-4-5-7-14(13)23(16)17(18)19/h4-7,9-11,17,20H,8H2,1-3H3. The van der Waals surface area contributed by atoms with Crippen molar-refractivity contribution in [2.24, 2.45) is 0 Å². The zero-order valence-corrected chi connectivity index (χ0v) is 13.8. The number of aromatic nitrogens is 3. The van der Waals surface area contributed by atoms with Gasteiger partial charge in [-0.3, -0.25) is 4.57 Å². The van der Waals surface area contributed by atoms with Gasteiger partial charge in [-0.15, -0.1) is 0 Å². The van der Waals surface area contributed by atoms with Crippen LogP contribution in [0.4, 0.5) is 8.78 Å². The number of alkyl halides is 2. The van der Waals surface area contributed by atoms with Crippen LogP contribution in [0.15, 0.2) is 35.1 Å². The Labute approximate surface area is 138 Å². The van der Waals surface area contributed by atoms with Gasteiger partial charge in [0.1, 0.15) is 12.1 Å². The molecular formula is C17H20F2N4O. The Kier molecular flexibility index (Phi) is 4.62. The van der Waals surface area contributed by atoms with E-state index < -0.39 is 6.55 Å². The zero-order chi connectivity index (χ0) is 17.3. The third kappa shape index (κ3) is 3.03. The molecule has 0 bridgehead atoms. The van der Waals surface area contributed by atoms with Gasteiger partial charge in [-0.2, -0.15) is 8.78 Å². The van der Waals surface area contributed by atoms with Crippen molar-refractivity contribution in [2.45, 2.75) is 45.8 Å². The summed E-state index contributed by atoms with van der Waals surface area (Å²) in [5.41, 5.74) is 2.80. The van der Waals surface area contributed by atoms with Crippen LogP contribution in [0.3, 0.4) is 0 Å². The van der Waals surface area contributed by atoms with E-state index in [0.29, 0.717) is 23.4 Å². The number of nitrogens with one attached hydrogen (secondary N) is 1. The third-order valence-electron chi connectivity index (χ3n) is 4.03. The summed E-state index contributed by atoms with van der Waals surface area (Å²) in [5, 5.41) is 7.23. The molecular weight excluding hydrogens is 314 g/mol. The number of hydrogen-bond acceptors (Lipinski definition) is 4. The fourth-order valence-corrected chi connectivity index (χ4v) is 2.80. The molecule has 2 heterocycles. The smallest absolute Gasteiger partial charge is 0.320 e. The predicted molar refractivity (Wildman–Crippen MR) is 86.8 cm³/mol. The van der Waals surface area contributed by atoms with Crippen LogP contribution >= 0.6 is 0 Å². The number of nitrogens with zero attached hydrogens (tertiary/aromatic N) is 3. The van der Waals surface area contributed by atoms with Gasteiger partial charge in [-0.25, -0.2) is 4.98 Å². The highest BCUT2D eigenvalue weighted by molar-refractivity contribution is 5.76. The fourth-order valence-electron chi connectivity index (χ4n) is 2.80. The molecule has 5 nitrogen and oxygen atoms in total. The largest absolute Gasteiger partial charge is 0.364 e. The van der Waals surface area contributed by atoms with Crippen LogP contribution in [0.25, 0.3) is 11.0 Å². The van der Waals surface area contributed by atoms with E-state index in [1.165, 1.54) is 0 Å². The van der Waals surface area contributed by atoms with Crippen molar-refractivity contribution in [3.8, 4) is 0 Å². The molecule has 0 amide bonds. The summed E-state index contributed by atoms with van der Waals surface area (Å²) in [6.45, 7) is 3.72. The van der Waals surface area contributed by atoms with Crippen LogP contribution in [-0.2, 0) is 6.54 Å². The SMILES string of the molecule is CC(C)c1nocc1CNC(C)c1nc2ccccc2n1C(F)F. The van der Waals surface area contributed by atoms with Gasteiger partial charge < -0.3 is 9.84 Å². The molecule has 1 aromatic carbocycles.